The SMILES string of the molecule is C=N/C(=C\C(C)=C(/C)N1CC2(CCC(c3cccc(O)c3)(N(C)C)CC2)NC1=O)C(F)(F)F. The summed E-state index contributed by atoms with van der Waals surface area (Å²) >= 11 is 0. The van der Waals surface area contributed by atoms with Crippen LogP contribution >= 0.6 is 0 Å². The summed E-state index contributed by atoms with van der Waals surface area (Å²) in [6.07, 6.45) is -0.765. The van der Waals surface area contributed by atoms with Crippen molar-refractivity contribution < 1.29 is 23.1 Å². The molecule has 180 valence electrons. The van der Waals surface area contributed by atoms with Crippen LogP contribution < -0.4 is 5.32 Å². The molecule has 1 aliphatic carbocycles. The summed E-state index contributed by atoms with van der Waals surface area (Å²) in [5, 5.41) is 13.1. The minimum absolute atomic E-state index is 0.214. The number of rotatable bonds is 5. The molecule has 1 aromatic carbocycles. The standard InChI is InChI=1S/C24H31F3N4O2/c1-16(13-20(28-3)24(25,26)27)17(2)31-15-22(29-21(31)33)9-11-23(12-10-22,30(4)5)18-7-6-8-19(32)14-18/h6-8,13-14,32H,3,9-12,15H2,1-2,4-5H3,(H,29,33)/b17-16+,20-13-. The summed E-state index contributed by atoms with van der Waals surface area (Å²) in [7, 11) is 4.02. The van der Waals surface area contributed by atoms with E-state index in [1.807, 2.05) is 26.2 Å². The highest BCUT2D eigenvalue weighted by atomic mass is 19.4. The molecule has 1 saturated carbocycles. The monoisotopic (exact) mass is 464 g/mol. The van der Waals surface area contributed by atoms with Crippen molar-refractivity contribution in [1.29, 1.82) is 0 Å². The van der Waals surface area contributed by atoms with E-state index in [9.17, 15) is 23.1 Å². The summed E-state index contributed by atoms with van der Waals surface area (Å²) in [6, 6.07) is 6.95. The van der Waals surface area contributed by atoms with Crippen LogP contribution in [0.4, 0.5) is 18.0 Å². The lowest BCUT2D eigenvalue weighted by molar-refractivity contribution is -0.0922. The summed E-state index contributed by atoms with van der Waals surface area (Å²) in [5.41, 5.74) is -0.0387. The maximum Gasteiger partial charge on any atom is 0.433 e. The minimum Gasteiger partial charge on any atom is -0.508 e. The molecule has 2 N–H and O–H groups in total. The number of hydrogen-bond acceptors (Lipinski definition) is 4. The van der Waals surface area contributed by atoms with Crippen LogP contribution in [0.2, 0.25) is 0 Å². The molecular formula is C24H31F3N4O2. The maximum atomic E-state index is 13.0. The minimum atomic E-state index is -4.61. The Hall–Kier alpha value is -2.81. The van der Waals surface area contributed by atoms with E-state index in [1.54, 1.807) is 19.1 Å². The maximum absolute atomic E-state index is 13.0. The third-order valence-electron chi connectivity index (χ3n) is 7.14. The molecule has 3 rings (SSSR count). The highest BCUT2D eigenvalue weighted by Gasteiger charge is 2.50. The zero-order chi connectivity index (χ0) is 24.6. The molecule has 0 bridgehead atoms. The van der Waals surface area contributed by atoms with Gasteiger partial charge in [0.15, 0.2) is 0 Å². The smallest absolute Gasteiger partial charge is 0.433 e. The van der Waals surface area contributed by atoms with E-state index in [-0.39, 0.29) is 17.3 Å². The number of nitrogens with one attached hydrogen (secondary N) is 1. The average molecular weight is 465 g/mol. The van der Waals surface area contributed by atoms with E-state index >= 15 is 0 Å². The van der Waals surface area contributed by atoms with Gasteiger partial charge in [-0.2, -0.15) is 13.2 Å². The number of halogens is 3. The Balaban J connectivity index is 1.83. The second-order valence-electron chi connectivity index (χ2n) is 9.23. The molecule has 0 unspecified atom stereocenters. The lowest BCUT2D eigenvalue weighted by Crippen LogP contribution is -2.54. The topological polar surface area (TPSA) is 68.2 Å². The first-order chi connectivity index (χ1) is 15.3. The van der Waals surface area contributed by atoms with E-state index in [0.29, 0.717) is 30.7 Å². The van der Waals surface area contributed by atoms with Crippen LogP contribution in [0.3, 0.4) is 0 Å². The predicted molar refractivity (Wildman–Crippen MR) is 122 cm³/mol. The Morgan fingerprint density at radius 1 is 1.24 bits per heavy atom. The van der Waals surface area contributed by atoms with Gasteiger partial charge in [-0.1, -0.05) is 12.1 Å². The molecule has 2 fully saturated rings. The van der Waals surface area contributed by atoms with Crippen LogP contribution in [0.15, 0.2) is 52.3 Å². The number of carbonyl (C=O) groups excluding carboxylic acids is 1. The van der Waals surface area contributed by atoms with Gasteiger partial charge in [-0.25, -0.2) is 4.79 Å². The highest BCUT2D eigenvalue weighted by molar-refractivity contribution is 5.80. The molecule has 2 amide bonds. The summed E-state index contributed by atoms with van der Waals surface area (Å²) < 4.78 is 39.1. The summed E-state index contributed by atoms with van der Waals surface area (Å²) in [4.78, 5) is 19.6. The van der Waals surface area contributed by atoms with Crippen LogP contribution in [-0.4, -0.2) is 60.0 Å². The number of carbonyl (C=O) groups is 1. The first-order valence-electron chi connectivity index (χ1n) is 10.8. The van der Waals surface area contributed by atoms with Gasteiger partial charge in [0.25, 0.3) is 0 Å². The number of benzene rings is 1. The van der Waals surface area contributed by atoms with Gasteiger partial charge in [0.1, 0.15) is 11.4 Å². The second kappa shape index (κ2) is 8.85. The van der Waals surface area contributed by atoms with E-state index < -0.39 is 17.4 Å². The first-order valence-corrected chi connectivity index (χ1v) is 10.8. The third kappa shape index (κ3) is 4.78. The van der Waals surface area contributed by atoms with Crippen molar-refractivity contribution in [2.75, 3.05) is 20.6 Å². The molecule has 2 aliphatic rings. The van der Waals surface area contributed by atoms with Gasteiger partial charge in [-0.15, -0.1) is 0 Å². The fourth-order valence-electron chi connectivity index (χ4n) is 4.93. The molecule has 1 heterocycles. The number of aromatic hydroxyl groups is 1. The van der Waals surface area contributed by atoms with Crippen molar-refractivity contribution in [1.82, 2.24) is 15.1 Å². The molecule has 0 atom stereocenters. The number of phenols is 1. The molecule has 6 nitrogen and oxygen atoms in total. The van der Waals surface area contributed by atoms with Crippen molar-refractivity contribution >= 4 is 12.7 Å². The Morgan fingerprint density at radius 3 is 2.39 bits per heavy atom. The van der Waals surface area contributed by atoms with Crippen LogP contribution in [0, 0.1) is 0 Å². The zero-order valence-corrected chi connectivity index (χ0v) is 19.5. The Morgan fingerprint density at radius 2 is 1.88 bits per heavy atom. The van der Waals surface area contributed by atoms with Crippen LogP contribution in [-0.2, 0) is 5.54 Å². The fraction of sp³-hybridized carbons (Fsp3) is 0.500. The number of aliphatic imine (C=N–C) groups is 1. The molecule has 1 aromatic rings. The van der Waals surface area contributed by atoms with E-state index in [0.717, 1.165) is 24.5 Å². The third-order valence-corrected chi connectivity index (χ3v) is 7.14. The van der Waals surface area contributed by atoms with Gasteiger partial charge in [0, 0.05) is 11.2 Å². The molecule has 1 saturated heterocycles. The van der Waals surface area contributed by atoms with E-state index in [4.69, 9.17) is 0 Å². The average Bonchev–Trinajstić information content (AvgIpc) is 3.06. The van der Waals surface area contributed by atoms with Gasteiger partial charge in [-0.3, -0.25) is 14.8 Å². The van der Waals surface area contributed by atoms with Crippen molar-refractivity contribution in [2.24, 2.45) is 4.99 Å². The summed E-state index contributed by atoms with van der Waals surface area (Å²) in [6.45, 7) is 6.56. The molecule has 0 radical (unpaired) electrons. The van der Waals surface area contributed by atoms with Gasteiger partial charge >= 0.3 is 12.2 Å². The zero-order valence-electron chi connectivity index (χ0n) is 19.5. The van der Waals surface area contributed by atoms with Crippen LogP contribution in [0.1, 0.15) is 45.1 Å². The van der Waals surface area contributed by atoms with Crippen LogP contribution in [0.25, 0.3) is 0 Å². The van der Waals surface area contributed by atoms with Gasteiger partial charge < -0.3 is 10.4 Å². The molecule has 9 heteroatoms. The van der Waals surface area contributed by atoms with Crippen LogP contribution in [0.5, 0.6) is 5.75 Å². The van der Waals surface area contributed by atoms with Crippen molar-refractivity contribution in [2.45, 2.75) is 56.8 Å². The molecule has 1 spiro atoms. The molecule has 33 heavy (non-hydrogen) atoms. The first kappa shape index (κ1) is 24.8. The van der Waals surface area contributed by atoms with E-state index in [1.165, 1.54) is 11.8 Å². The number of allylic oxidation sites excluding steroid dienone is 4. The second-order valence-corrected chi connectivity index (χ2v) is 9.23. The number of amides is 2. The van der Waals surface area contributed by atoms with E-state index in [2.05, 4.69) is 21.9 Å². The number of nitrogens with zero attached hydrogens (tertiary/aromatic N) is 3. The highest BCUT2D eigenvalue weighted by Crippen LogP contribution is 2.47. The normalized spacial score (nSPS) is 27.1. The largest absolute Gasteiger partial charge is 0.508 e. The van der Waals surface area contributed by atoms with Crippen molar-refractivity contribution in [3.8, 4) is 5.75 Å². The lowest BCUT2D eigenvalue weighted by atomic mass is 9.69. The molecular weight excluding hydrogens is 433 g/mol. The predicted octanol–water partition coefficient (Wildman–Crippen LogP) is 4.93. The Kier molecular flexibility index (Phi) is 6.66. The molecule has 1 aliphatic heterocycles. The quantitative estimate of drug-likeness (QED) is 0.480. The number of hydrogen-bond donors (Lipinski definition) is 2. The van der Waals surface area contributed by atoms with Crippen molar-refractivity contribution in [3.05, 3.63) is 52.9 Å². The van der Waals surface area contributed by atoms with Gasteiger partial charge in [0.2, 0.25) is 0 Å². The number of urea groups is 1. The Labute approximate surface area is 192 Å². The number of alkyl halides is 3. The number of phenolic OH excluding ortho intramolecular Hbond substituents is 1. The van der Waals surface area contributed by atoms with Crippen molar-refractivity contribution in [3.63, 3.8) is 0 Å². The summed E-state index contributed by atoms with van der Waals surface area (Å²) in [5.74, 6) is 0.214. The Bertz CT molecular complexity index is 990. The fourth-order valence-corrected chi connectivity index (χ4v) is 4.93. The molecule has 0 aromatic heterocycles. The lowest BCUT2D eigenvalue weighted by Gasteiger charge is -2.48. The van der Waals surface area contributed by atoms with Gasteiger partial charge in [0.05, 0.1) is 12.1 Å². The van der Waals surface area contributed by atoms with Gasteiger partial charge in [-0.05, 0) is 89.7 Å².